The Labute approximate surface area is 148 Å². The van der Waals surface area contributed by atoms with E-state index in [0.717, 1.165) is 38.5 Å². The Morgan fingerprint density at radius 2 is 2.12 bits per heavy atom. The van der Waals surface area contributed by atoms with Crippen LogP contribution in [0.15, 0.2) is 42.7 Å². The smallest absolute Gasteiger partial charge is 0.146 e. The minimum atomic E-state index is 0.318. The van der Waals surface area contributed by atoms with Gasteiger partial charge >= 0.3 is 0 Å². The number of aromatic amines is 1. The van der Waals surface area contributed by atoms with Gasteiger partial charge in [-0.2, -0.15) is 5.26 Å². The summed E-state index contributed by atoms with van der Waals surface area (Å²) in [4.78, 5) is 11.7. The van der Waals surface area contributed by atoms with Crippen LogP contribution in [-0.2, 0) is 11.3 Å². The normalized spacial score (nSPS) is 11.1. The molecule has 122 valence electrons. The highest BCUT2D eigenvalue weighted by molar-refractivity contribution is 6.32. The van der Waals surface area contributed by atoms with Crippen LogP contribution in [0, 0.1) is 11.3 Å². The van der Waals surface area contributed by atoms with Gasteiger partial charge in [0.05, 0.1) is 18.3 Å². The molecule has 0 unspecified atom stereocenters. The summed E-state index contributed by atoms with van der Waals surface area (Å²) in [5.74, 6) is 0. The number of methoxy groups -OCH3 is 1. The second kappa shape index (κ2) is 6.17. The first-order valence-electron chi connectivity index (χ1n) is 7.66. The molecule has 3 aromatic heterocycles. The monoisotopic (exact) mass is 348 g/mol. The molecule has 0 aliphatic rings. The Hall–Kier alpha value is -2.94. The molecule has 4 rings (SSSR count). The fraction of sp³-hybridized carbons (Fsp3) is 0.105. The molecule has 1 aromatic carbocycles. The second-order valence-electron chi connectivity index (χ2n) is 5.65. The molecular weight excluding hydrogens is 336 g/mol. The molecule has 0 saturated carbocycles. The minimum absolute atomic E-state index is 0.318. The molecular formula is C19H13ClN4O. The highest BCUT2D eigenvalue weighted by atomic mass is 35.5. The first-order chi connectivity index (χ1) is 12.2. The molecule has 6 heteroatoms. The topological polar surface area (TPSA) is 74.6 Å². The van der Waals surface area contributed by atoms with E-state index in [1.807, 2.05) is 24.3 Å². The van der Waals surface area contributed by atoms with E-state index in [-0.39, 0.29) is 0 Å². The van der Waals surface area contributed by atoms with Crippen LogP contribution in [0.4, 0.5) is 0 Å². The average molecular weight is 349 g/mol. The van der Waals surface area contributed by atoms with E-state index in [4.69, 9.17) is 16.3 Å². The van der Waals surface area contributed by atoms with Crippen LogP contribution in [0.3, 0.4) is 0 Å². The van der Waals surface area contributed by atoms with Crippen molar-refractivity contribution in [2.45, 2.75) is 6.61 Å². The first kappa shape index (κ1) is 15.6. The molecule has 0 radical (unpaired) electrons. The molecule has 1 N–H and O–H groups in total. The number of nitrogens with one attached hydrogen (secondary N) is 1. The summed E-state index contributed by atoms with van der Waals surface area (Å²) in [5, 5.41) is 11.8. The summed E-state index contributed by atoms with van der Waals surface area (Å²) in [6, 6.07) is 12.0. The quantitative estimate of drug-likeness (QED) is 0.555. The van der Waals surface area contributed by atoms with Crippen molar-refractivity contribution in [1.29, 1.82) is 5.26 Å². The van der Waals surface area contributed by atoms with Gasteiger partial charge in [0.2, 0.25) is 0 Å². The molecule has 5 nitrogen and oxygen atoms in total. The summed E-state index contributed by atoms with van der Waals surface area (Å²) in [6.45, 7) is 0.318. The van der Waals surface area contributed by atoms with Crippen molar-refractivity contribution < 1.29 is 4.74 Å². The molecule has 3 heterocycles. The van der Waals surface area contributed by atoms with Gasteiger partial charge in [0.25, 0.3) is 0 Å². The van der Waals surface area contributed by atoms with Crippen LogP contribution in [0.5, 0.6) is 0 Å². The molecule has 0 aliphatic carbocycles. The number of pyridine rings is 2. The van der Waals surface area contributed by atoms with Gasteiger partial charge in [-0.05, 0) is 29.8 Å². The van der Waals surface area contributed by atoms with Crippen LogP contribution < -0.4 is 0 Å². The number of fused-ring (bicyclic) bond motifs is 3. The van der Waals surface area contributed by atoms with Gasteiger partial charge in [0, 0.05) is 40.7 Å². The zero-order valence-corrected chi connectivity index (χ0v) is 14.1. The largest absolute Gasteiger partial charge is 0.380 e. The molecule has 25 heavy (non-hydrogen) atoms. The van der Waals surface area contributed by atoms with Gasteiger partial charge in [-0.3, -0.25) is 0 Å². The number of hydrogen-bond donors (Lipinski definition) is 1. The van der Waals surface area contributed by atoms with E-state index in [1.54, 1.807) is 19.5 Å². The van der Waals surface area contributed by atoms with E-state index < -0.39 is 0 Å². The third-order valence-corrected chi connectivity index (χ3v) is 4.50. The molecule has 0 bridgehead atoms. The van der Waals surface area contributed by atoms with E-state index in [0.29, 0.717) is 17.5 Å². The van der Waals surface area contributed by atoms with Crippen molar-refractivity contribution in [3.8, 4) is 17.2 Å². The Balaban J connectivity index is 2.05. The number of benzene rings is 1. The number of rotatable bonds is 3. The lowest BCUT2D eigenvalue weighted by Gasteiger charge is -2.06. The van der Waals surface area contributed by atoms with Crippen molar-refractivity contribution in [2.24, 2.45) is 0 Å². The van der Waals surface area contributed by atoms with Crippen molar-refractivity contribution in [1.82, 2.24) is 15.0 Å². The third-order valence-electron chi connectivity index (χ3n) is 4.20. The predicted octanol–water partition coefficient (Wildman–Crippen LogP) is 4.45. The van der Waals surface area contributed by atoms with E-state index in [1.165, 1.54) is 0 Å². The molecule has 0 fully saturated rings. The molecule has 0 atom stereocenters. The lowest BCUT2D eigenvalue weighted by Crippen LogP contribution is -1.96. The molecule has 0 spiro atoms. The van der Waals surface area contributed by atoms with Gasteiger partial charge in [0.15, 0.2) is 0 Å². The van der Waals surface area contributed by atoms with E-state index in [2.05, 4.69) is 27.1 Å². The SMILES string of the molecule is COCc1c(C#N)ncc2[nH]c3ccc(-c4cccnc4Cl)cc3c12. The fourth-order valence-corrected chi connectivity index (χ4v) is 3.34. The lowest BCUT2D eigenvalue weighted by atomic mass is 10.0. The Kier molecular flexibility index (Phi) is 3.85. The second-order valence-corrected chi connectivity index (χ2v) is 6.00. The van der Waals surface area contributed by atoms with Crippen molar-refractivity contribution in [3.63, 3.8) is 0 Å². The van der Waals surface area contributed by atoms with E-state index in [9.17, 15) is 5.26 Å². The Morgan fingerprint density at radius 3 is 2.88 bits per heavy atom. The summed E-state index contributed by atoms with van der Waals surface area (Å²) in [5.41, 5.74) is 4.82. The summed E-state index contributed by atoms with van der Waals surface area (Å²) in [6.07, 6.45) is 3.35. The standard InChI is InChI=1S/C19H13ClN4O/c1-25-10-14-16(8-21)23-9-17-18(14)13-7-11(4-5-15(13)24-17)12-3-2-6-22-19(12)20/h2-7,9,24H,10H2,1H3. The highest BCUT2D eigenvalue weighted by Crippen LogP contribution is 2.34. The van der Waals surface area contributed by atoms with Crippen molar-refractivity contribution in [3.05, 3.63) is 59.1 Å². The van der Waals surface area contributed by atoms with Gasteiger partial charge in [-0.25, -0.2) is 9.97 Å². The van der Waals surface area contributed by atoms with Gasteiger partial charge in [0.1, 0.15) is 16.9 Å². The maximum Gasteiger partial charge on any atom is 0.146 e. The van der Waals surface area contributed by atoms with Crippen LogP contribution in [-0.4, -0.2) is 22.1 Å². The number of halogens is 1. The summed E-state index contributed by atoms with van der Waals surface area (Å²) in [7, 11) is 1.61. The van der Waals surface area contributed by atoms with Gasteiger partial charge in [-0.15, -0.1) is 0 Å². The maximum absolute atomic E-state index is 9.38. The van der Waals surface area contributed by atoms with Crippen LogP contribution in [0.25, 0.3) is 32.9 Å². The number of aromatic nitrogens is 3. The zero-order chi connectivity index (χ0) is 17.4. The first-order valence-corrected chi connectivity index (χ1v) is 8.04. The van der Waals surface area contributed by atoms with Crippen LogP contribution in [0.2, 0.25) is 5.15 Å². The molecule has 0 amide bonds. The average Bonchev–Trinajstić information content (AvgIpc) is 3.00. The Bertz CT molecular complexity index is 1140. The molecule has 0 aliphatic heterocycles. The number of nitrogens with zero attached hydrogens (tertiary/aromatic N) is 3. The number of ether oxygens (including phenoxy) is 1. The molecule has 0 saturated heterocycles. The summed E-state index contributed by atoms with van der Waals surface area (Å²) < 4.78 is 5.29. The minimum Gasteiger partial charge on any atom is -0.380 e. The third kappa shape index (κ3) is 2.52. The van der Waals surface area contributed by atoms with Crippen LogP contribution in [0.1, 0.15) is 11.3 Å². The van der Waals surface area contributed by atoms with Crippen molar-refractivity contribution >= 4 is 33.4 Å². The number of H-pyrrole nitrogens is 1. The summed E-state index contributed by atoms with van der Waals surface area (Å²) >= 11 is 6.24. The van der Waals surface area contributed by atoms with E-state index >= 15 is 0 Å². The van der Waals surface area contributed by atoms with Crippen molar-refractivity contribution in [2.75, 3.05) is 7.11 Å². The Morgan fingerprint density at radius 1 is 1.24 bits per heavy atom. The van der Waals surface area contributed by atoms with Gasteiger partial charge in [-0.1, -0.05) is 17.7 Å². The van der Waals surface area contributed by atoms with Crippen LogP contribution >= 0.6 is 11.6 Å². The lowest BCUT2D eigenvalue weighted by molar-refractivity contribution is 0.185. The van der Waals surface area contributed by atoms with Gasteiger partial charge < -0.3 is 9.72 Å². The fourth-order valence-electron chi connectivity index (χ4n) is 3.11. The predicted molar refractivity (Wildman–Crippen MR) is 97.3 cm³/mol. The zero-order valence-electron chi connectivity index (χ0n) is 13.4. The number of nitriles is 1. The highest BCUT2D eigenvalue weighted by Gasteiger charge is 2.15. The number of hydrogen-bond acceptors (Lipinski definition) is 4. The maximum atomic E-state index is 9.38. The molecule has 4 aromatic rings.